The predicted octanol–water partition coefficient (Wildman–Crippen LogP) is 6.22. The zero-order chi connectivity index (χ0) is 16.9. The van der Waals surface area contributed by atoms with E-state index in [-0.39, 0.29) is 11.6 Å². The molecule has 1 aliphatic rings. The fourth-order valence-corrected chi connectivity index (χ4v) is 5.26. The maximum atomic E-state index is 6.49. The van der Waals surface area contributed by atoms with Crippen LogP contribution < -0.4 is 0 Å². The summed E-state index contributed by atoms with van der Waals surface area (Å²) in [6, 6.07) is 0. The van der Waals surface area contributed by atoms with E-state index in [0.717, 1.165) is 18.3 Å². The van der Waals surface area contributed by atoms with E-state index in [1.807, 2.05) is 0 Å². The van der Waals surface area contributed by atoms with Crippen LogP contribution in [0.4, 0.5) is 0 Å². The van der Waals surface area contributed by atoms with Gasteiger partial charge in [-0.25, -0.2) is 0 Å². The second kappa shape index (κ2) is 8.84. The molecule has 1 rings (SSSR count). The van der Waals surface area contributed by atoms with Gasteiger partial charge in [-0.2, -0.15) is 0 Å². The van der Waals surface area contributed by atoms with Crippen molar-refractivity contribution < 1.29 is 0 Å². The highest BCUT2D eigenvalue weighted by molar-refractivity contribution is 6.13. The lowest BCUT2D eigenvalue weighted by atomic mass is 9.52. The Bertz CT molecular complexity index is 315. The van der Waals surface area contributed by atoms with Gasteiger partial charge in [-0.15, -0.1) is 0 Å². The van der Waals surface area contributed by atoms with Crippen molar-refractivity contribution in [3.05, 3.63) is 0 Å². The molecule has 0 aliphatic heterocycles. The molecule has 22 heavy (non-hydrogen) atoms. The zero-order valence-corrected chi connectivity index (χ0v) is 16.1. The van der Waals surface area contributed by atoms with E-state index in [2.05, 4.69) is 41.5 Å². The van der Waals surface area contributed by atoms with Gasteiger partial charge in [-0.1, -0.05) is 85.3 Å². The lowest BCUT2D eigenvalue weighted by Crippen LogP contribution is -2.37. The Kier molecular flexibility index (Phi) is 8.10. The lowest BCUT2D eigenvalue weighted by Gasteiger charge is -2.47. The summed E-state index contributed by atoms with van der Waals surface area (Å²) in [6.45, 7) is 14.1. The summed E-state index contributed by atoms with van der Waals surface area (Å²) >= 11 is 0. The largest absolute Gasteiger partial charge is 0.0766 e. The monoisotopic (exact) mass is 300 g/mol. The minimum atomic E-state index is 0.225. The van der Waals surface area contributed by atoms with E-state index < -0.39 is 0 Å². The molecule has 2 heteroatoms. The van der Waals surface area contributed by atoms with E-state index in [0.29, 0.717) is 17.3 Å². The molecular weight excluding hydrogens is 262 g/mol. The highest BCUT2D eigenvalue weighted by Gasteiger charge is 2.40. The molecule has 1 saturated carbocycles. The molecule has 0 heterocycles. The van der Waals surface area contributed by atoms with Crippen molar-refractivity contribution >= 4 is 15.7 Å². The Hall–Kier alpha value is 0.130. The predicted molar refractivity (Wildman–Crippen MR) is 102 cm³/mol. The molecule has 4 radical (unpaired) electrons. The van der Waals surface area contributed by atoms with Gasteiger partial charge in [0.25, 0.3) is 0 Å². The lowest BCUT2D eigenvalue weighted by molar-refractivity contribution is 0.0754. The van der Waals surface area contributed by atoms with Gasteiger partial charge in [0.1, 0.15) is 0 Å². The van der Waals surface area contributed by atoms with Gasteiger partial charge < -0.3 is 0 Å². The molecule has 0 aromatic rings. The molecule has 0 aromatic carbocycles. The van der Waals surface area contributed by atoms with Crippen molar-refractivity contribution in [3.8, 4) is 0 Å². The smallest absolute Gasteiger partial charge is 0.0703 e. The standard InChI is InChI=1S/C20H38B2/c1-7-18(22)16(4)19(17(5)21)20(6)12-8-9-14(2)10-11-15(3)13-20/h14-19H,7-13H2,1-6H3. The molecule has 1 aliphatic carbocycles. The molecule has 0 N–H and O–H groups in total. The zero-order valence-electron chi connectivity index (χ0n) is 16.1. The molecule has 0 aromatic heterocycles. The number of hydrogen-bond acceptors (Lipinski definition) is 0. The number of rotatable bonds is 5. The highest BCUT2D eigenvalue weighted by Crippen LogP contribution is 2.51. The molecule has 7 unspecified atom stereocenters. The summed E-state index contributed by atoms with van der Waals surface area (Å²) in [6.07, 6.45) is 9.17. The first-order valence-electron chi connectivity index (χ1n) is 9.72. The fraction of sp³-hybridized carbons (Fsp3) is 1.00. The summed E-state index contributed by atoms with van der Waals surface area (Å²) < 4.78 is 0. The summed E-state index contributed by atoms with van der Waals surface area (Å²) in [5, 5.41) is 0. The molecular formula is C20H38B2. The Morgan fingerprint density at radius 1 is 1.05 bits per heavy atom. The Balaban J connectivity index is 3.00. The first-order chi connectivity index (χ1) is 10.2. The molecule has 124 valence electrons. The average Bonchev–Trinajstić information content (AvgIpc) is 2.48. The quantitative estimate of drug-likeness (QED) is 0.529. The van der Waals surface area contributed by atoms with Crippen LogP contribution in [0.2, 0.25) is 11.6 Å². The second-order valence-corrected chi connectivity index (χ2v) is 8.85. The summed E-state index contributed by atoms with van der Waals surface area (Å²) in [4.78, 5) is 0. The van der Waals surface area contributed by atoms with Crippen LogP contribution in [0.15, 0.2) is 0 Å². The van der Waals surface area contributed by atoms with E-state index >= 15 is 0 Å². The van der Waals surface area contributed by atoms with Gasteiger partial charge in [-0.3, -0.25) is 0 Å². The van der Waals surface area contributed by atoms with Gasteiger partial charge in [-0.05, 0) is 41.9 Å². The van der Waals surface area contributed by atoms with Crippen LogP contribution in [-0.2, 0) is 0 Å². The van der Waals surface area contributed by atoms with Gasteiger partial charge in [0.05, 0.1) is 15.7 Å². The van der Waals surface area contributed by atoms with Crippen molar-refractivity contribution in [2.45, 2.75) is 98.1 Å². The van der Waals surface area contributed by atoms with Crippen LogP contribution in [0, 0.1) is 29.1 Å². The first kappa shape index (κ1) is 20.2. The van der Waals surface area contributed by atoms with Crippen LogP contribution in [0.1, 0.15) is 86.5 Å². The number of hydrogen-bond donors (Lipinski definition) is 0. The van der Waals surface area contributed by atoms with Gasteiger partial charge in [0, 0.05) is 0 Å². The van der Waals surface area contributed by atoms with Crippen LogP contribution in [0.25, 0.3) is 0 Å². The van der Waals surface area contributed by atoms with Crippen molar-refractivity contribution in [2.75, 3.05) is 0 Å². The van der Waals surface area contributed by atoms with E-state index in [4.69, 9.17) is 15.7 Å². The van der Waals surface area contributed by atoms with E-state index in [9.17, 15) is 0 Å². The maximum absolute atomic E-state index is 6.49. The van der Waals surface area contributed by atoms with E-state index in [1.165, 1.54) is 38.5 Å². The highest BCUT2D eigenvalue weighted by atomic mass is 14.4. The third-order valence-corrected chi connectivity index (χ3v) is 6.50. The van der Waals surface area contributed by atoms with Crippen molar-refractivity contribution in [1.29, 1.82) is 0 Å². The second-order valence-electron chi connectivity index (χ2n) is 8.85. The molecule has 0 amide bonds. The van der Waals surface area contributed by atoms with Gasteiger partial charge in [0.15, 0.2) is 0 Å². The normalized spacial score (nSPS) is 36.5. The van der Waals surface area contributed by atoms with Gasteiger partial charge in [0.2, 0.25) is 0 Å². The van der Waals surface area contributed by atoms with Crippen LogP contribution >= 0.6 is 0 Å². The summed E-state index contributed by atoms with van der Waals surface area (Å²) in [5.41, 5.74) is 0.337. The Morgan fingerprint density at radius 2 is 1.64 bits per heavy atom. The minimum Gasteiger partial charge on any atom is -0.0766 e. The molecule has 1 fully saturated rings. The van der Waals surface area contributed by atoms with Crippen LogP contribution in [0.3, 0.4) is 0 Å². The molecule has 0 saturated heterocycles. The molecule has 7 atom stereocenters. The first-order valence-corrected chi connectivity index (χ1v) is 9.72. The third kappa shape index (κ3) is 5.34. The SMILES string of the molecule is [B]C(C)C(C(C)C([B])CC)C1(C)CCCC(C)CCC(C)C1. The molecule has 0 spiro atoms. The van der Waals surface area contributed by atoms with Crippen LogP contribution in [0.5, 0.6) is 0 Å². The third-order valence-electron chi connectivity index (χ3n) is 6.50. The topological polar surface area (TPSA) is 0 Å². The van der Waals surface area contributed by atoms with Crippen molar-refractivity contribution in [3.63, 3.8) is 0 Å². The molecule has 0 nitrogen and oxygen atoms in total. The van der Waals surface area contributed by atoms with E-state index in [1.54, 1.807) is 0 Å². The Morgan fingerprint density at radius 3 is 2.18 bits per heavy atom. The van der Waals surface area contributed by atoms with Crippen molar-refractivity contribution in [2.24, 2.45) is 29.1 Å². The average molecular weight is 300 g/mol. The fourth-order valence-electron chi connectivity index (χ4n) is 5.26. The maximum Gasteiger partial charge on any atom is 0.0703 e. The van der Waals surface area contributed by atoms with Crippen molar-refractivity contribution in [1.82, 2.24) is 0 Å². The Labute approximate surface area is 143 Å². The summed E-state index contributed by atoms with van der Waals surface area (Å²) in [5.74, 6) is 3.21. The van der Waals surface area contributed by atoms with Gasteiger partial charge >= 0.3 is 0 Å². The van der Waals surface area contributed by atoms with Crippen LogP contribution in [-0.4, -0.2) is 15.7 Å². The molecule has 0 bridgehead atoms. The minimum absolute atomic E-state index is 0.225. The summed E-state index contributed by atoms with van der Waals surface area (Å²) in [7, 11) is 12.9.